The lowest BCUT2D eigenvalue weighted by molar-refractivity contribution is 0.0250. The molecule has 0 spiro atoms. The quantitative estimate of drug-likeness (QED) is 0.0638. The normalized spacial score (nSPS) is 18.3. The predicted molar refractivity (Wildman–Crippen MR) is 119 cm³/mol. The maximum atomic E-state index is 12.6. The van der Waals surface area contributed by atoms with Gasteiger partial charge in [-0.25, -0.2) is 24.9 Å². The molecule has 0 amide bonds. The summed E-state index contributed by atoms with van der Waals surface area (Å²) in [6, 6.07) is 3.32. The second-order valence-corrected chi connectivity index (χ2v) is 9.61. The van der Waals surface area contributed by atoms with Crippen LogP contribution in [0.4, 0.5) is 5.69 Å². The van der Waals surface area contributed by atoms with Crippen LogP contribution in [-0.2, 0) is 10.0 Å². The van der Waals surface area contributed by atoms with E-state index >= 15 is 0 Å². The molecule has 1 fully saturated rings. The molecule has 0 radical (unpaired) electrons. The summed E-state index contributed by atoms with van der Waals surface area (Å²) in [5, 5.41) is 19.8. The molecule has 1 unspecified atom stereocenters. The first-order chi connectivity index (χ1) is 14.1. The van der Waals surface area contributed by atoms with Crippen molar-refractivity contribution < 1.29 is 13.5 Å². The minimum absolute atomic E-state index is 0.0702. The van der Waals surface area contributed by atoms with Crippen LogP contribution in [0.5, 0.6) is 0 Å². The molecule has 1 saturated heterocycles. The van der Waals surface area contributed by atoms with Crippen LogP contribution in [0.25, 0.3) is 0 Å². The van der Waals surface area contributed by atoms with Gasteiger partial charge in [0.15, 0.2) is 5.84 Å². The standard InChI is InChI=1S/C16H31N9O3S2/c1-10(8-17)23-29-12-3-2-11(25-6-4-16(26,9-18)5-7-25)13(15(19)22-24-20)14(12)30(21,27)28/h2-3,10,23-24,26H,4-9,17-18,20H2,1H3,(H2,19,22)(H2,21,27,28). The highest BCUT2D eigenvalue weighted by molar-refractivity contribution is 7.98. The summed E-state index contributed by atoms with van der Waals surface area (Å²) >= 11 is 1.09. The Bertz CT molecular complexity index is 871. The van der Waals surface area contributed by atoms with Crippen LogP contribution in [0.1, 0.15) is 25.3 Å². The van der Waals surface area contributed by atoms with Gasteiger partial charge < -0.3 is 27.2 Å². The number of benzene rings is 1. The van der Waals surface area contributed by atoms with Crippen LogP contribution >= 0.6 is 11.9 Å². The zero-order chi connectivity index (χ0) is 22.5. The fraction of sp³-hybridized carbons (Fsp3) is 0.562. The Kier molecular flexibility index (Phi) is 8.29. The zero-order valence-corrected chi connectivity index (χ0v) is 18.5. The van der Waals surface area contributed by atoms with Gasteiger partial charge in [-0.15, -0.1) is 5.10 Å². The number of piperidine rings is 1. The Morgan fingerprint density at radius 1 is 1.37 bits per heavy atom. The van der Waals surface area contributed by atoms with Crippen LogP contribution < -0.4 is 43.3 Å². The van der Waals surface area contributed by atoms with Crippen LogP contribution in [0.3, 0.4) is 0 Å². The first-order valence-electron chi connectivity index (χ1n) is 9.35. The Balaban J connectivity index is 2.59. The van der Waals surface area contributed by atoms with E-state index in [1.54, 1.807) is 12.1 Å². The molecule has 170 valence electrons. The number of hydrazine groups is 1. The van der Waals surface area contributed by atoms with Crippen molar-refractivity contribution in [3.05, 3.63) is 17.7 Å². The molecule has 1 heterocycles. The van der Waals surface area contributed by atoms with Gasteiger partial charge in [-0.3, -0.25) is 4.72 Å². The van der Waals surface area contributed by atoms with E-state index in [-0.39, 0.29) is 28.9 Å². The van der Waals surface area contributed by atoms with E-state index in [1.807, 2.05) is 11.8 Å². The van der Waals surface area contributed by atoms with Crippen molar-refractivity contribution in [2.24, 2.45) is 33.3 Å². The number of nitrogens with zero attached hydrogens (tertiary/aromatic N) is 2. The summed E-state index contributed by atoms with van der Waals surface area (Å²) in [5.41, 5.74) is 19.2. The van der Waals surface area contributed by atoms with E-state index < -0.39 is 15.6 Å². The van der Waals surface area contributed by atoms with E-state index in [9.17, 15) is 13.5 Å². The van der Waals surface area contributed by atoms with E-state index in [0.29, 0.717) is 43.1 Å². The minimum Gasteiger partial charge on any atom is -0.388 e. The molecular weight excluding hydrogens is 430 g/mol. The van der Waals surface area contributed by atoms with Gasteiger partial charge in [0.1, 0.15) is 4.90 Å². The second kappa shape index (κ2) is 10.1. The molecule has 0 saturated carbocycles. The number of hydrogen-bond acceptors (Lipinski definition) is 11. The molecule has 30 heavy (non-hydrogen) atoms. The van der Waals surface area contributed by atoms with Gasteiger partial charge in [0.2, 0.25) is 10.0 Å². The molecule has 0 aliphatic carbocycles. The van der Waals surface area contributed by atoms with Crippen molar-refractivity contribution in [2.45, 2.75) is 41.2 Å². The molecule has 1 aromatic carbocycles. The van der Waals surface area contributed by atoms with E-state index in [2.05, 4.69) is 15.4 Å². The number of anilines is 1. The Morgan fingerprint density at radius 3 is 2.50 bits per heavy atom. The lowest BCUT2D eigenvalue weighted by Gasteiger charge is -2.39. The summed E-state index contributed by atoms with van der Waals surface area (Å²) in [6.07, 6.45) is 0.845. The van der Waals surface area contributed by atoms with Gasteiger partial charge in [-0.05, 0) is 43.8 Å². The highest BCUT2D eigenvalue weighted by atomic mass is 32.2. The predicted octanol–water partition coefficient (Wildman–Crippen LogP) is -2.35. The minimum atomic E-state index is -4.19. The van der Waals surface area contributed by atoms with Crippen LogP contribution in [-0.4, -0.2) is 57.2 Å². The topological polar surface area (TPSA) is 224 Å². The third kappa shape index (κ3) is 5.73. The third-order valence-corrected chi connectivity index (χ3v) is 7.17. The molecule has 12 nitrogen and oxygen atoms in total. The van der Waals surface area contributed by atoms with Crippen molar-refractivity contribution in [1.29, 1.82) is 0 Å². The van der Waals surface area contributed by atoms with Crippen LogP contribution in [0.2, 0.25) is 0 Å². The van der Waals surface area contributed by atoms with Crippen molar-refractivity contribution in [2.75, 3.05) is 31.1 Å². The van der Waals surface area contributed by atoms with Gasteiger partial charge in [0, 0.05) is 42.8 Å². The Morgan fingerprint density at radius 2 is 2.00 bits per heavy atom. The number of sulfonamides is 1. The first kappa shape index (κ1) is 24.6. The smallest absolute Gasteiger partial charge is 0.240 e. The van der Waals surface area contributed by atoms with Crippen LogP contribution in [0, 0.1) is 0 Å². The van der Waals surface area contributed by atoms with Gasteiger partial charge >= 0.3 is 0 Å². The summed E-state index contributed by atoms with van der Waals surface area (Å²) < 4.78 is 28.2. The van der Waals surface area contributed by atoms with E-state index in [4.69, 9.17) is 28.2 Å². The lowest BCUT2D eigenvalue weighted by atomic mass is 9.91. The summed E-state index contributed by atoms with van der Waals surface area (Å²) in [5.74, 6) is 5.14. The Hall–Kier alpha value is -1.65. The zero-order valence-electron chi connectivity index (χ0n) is 16.8. The molecule has 1 aliphatic rings. The number of amidine groups is 1. The van der Waals surface area contributed by atoms with E-state index in [1.165, 1.54) is 0 Å². The van der Waals surface area contributed by atoms with Gasteiger partial charge in [-0.1, -0.05) is 0 Å². The average molecular weight is 462 g/mol. The van der Waals surface area contributed by atoms with Crippen LogP contribution in [0.15, 0.2) is 27.0 Å². The fourth-order valence-corrected chi connectivity index (χ4v) is 5.20. The fourth-order valence-electron chi connectivity index (χ4n) is 3.13. The molecule has 2 rings (SSSR count). The van der Waals surface area contributed by atoms with Crippen molar-refractivity contribution in [1.82, 2.24) is 10.3 Å². The molecule has 13 N–H and O–H groups in total. The SMILES string of the molecule is CC(CN)NSc1ccc(N2CCC(O)(CN)CC2)c(/C(N)=N/NN)c1S(N)(=O)=O. The number of hydrazone groups is 1. The molecule has 0 aromatic heterocycles. The lowest BCUT2D eigenvalue weighted by Crippen LogP contribution is -2.49. The Labute approximate surface area is 180 Å². The number of primary sulfonamides is 1. The first-order valence-corrected chi connectivity index (χ1v) is 11.7. The van der Waals surface area contributed by atoms with Gasteiger partial charge in [0.25, 0.3) is 0 Å². The van der Waals surface area contributed by atoms with Crippen molar-refractivity contribution in [3.8, 4) is 0 Å². The highest BCUT2D eigenvalue weighted by Gasteiger charge is 2.34. The largest absolute Gasteiger partial charge is 0.388 e. The van der Waals surface area contributed by atoms with Crippen molar-refractivity contribution in [3.63, 3.8) is 0 Å². The molecule has 1 aromatic rings. The van der Waals surface area contributed by atoms with E-state index in [0.717, 1.165) is 11.9 Å². The number of hydrogen-bond donors (Lipinski definition) is 8. The van der Waals surface area contributed by atoms with Gasteiger partial charge in [0.05, 0.1) is 11.2 Å². The molecule has 0 bridgehead atoms. The van der Waals surface area contributed by atoms with Crippen molar-refractivity contribution >= 4 is 33.5 Å². The monoisotopic (exact) mass is 461 g/mol. The molecular formula is C16H31N9O3S2. The maximum absolute atomic E-state index is 12.6. The number of rotatable bonds is 9. The summed E-state index contributed by atoms with van der Waals surface area (Å²) in [7, 11) is -4.19. The summed E-state index contributed by atoms with van der Waals surface area (Å²) in [6.45, 7) is 3.27. The molecule has 1 aliphatic heterocycles. The number of nitrogens with two attached hydrogens (primary N) is 5. The third-order valence-electron chi connectivity index (χ3n) is 4.96. The maximum Gasteiger partial charge on any atom is 0.240 e. The molecule has 1 atom stereocenters. The summed E-state index contributed by atoms with van der Waals surface area (Å²) in [4.78, 5) is 2.09. The molecule has 14 heteroatoms. The highest BCUT2D eigenvalue weighted by Crippen LogP contribution is 2.36. The number of aliphatic hydroxyl groups is 1. The average Bonchev–Trinajstić information content (AvgIpc) is 2.71. The van der Waals surface area contributed by atoms with Gasteiger partial charge in [-0.2, -0.15) is 0 Å². The number of nitrogens with one attached hydrogen (secondary N) is 2. The second-order valence-electron chi connectivity index (χ2n) is 7.23.